The molecule has 0 radical (unpaired) electrons. The Morgan fingerprint density at radius 2 is 2.11 bits per heavy atom. The first-order valence-electron chi connectivity index (χ1n) is 6.28. The average Bonchev–Trinajstić information content (AvgIpc) is 2.34. The topological polar surface area (TPSA) is 61.2 Å². The Labute approximate surface area is 117 Å². The highest BCUT2D eigenvalue weighted by molar-refractivity contribution is 8.00. The molecule has 1 heterocycles. The number of rotatable bonds is 5. The van der Waals surface area contributed by atoms with Gasteiger partial charge in [-0.3, -0.25) is 14.2 Å². The van der Waals surface area contributed by atoms with E-state index < -0.39 is 0 Å². The second-order valence-corrected chi connectivity index (χ2v) is 5.84. The number of nitrogens with zero attached hydrogens (tertiary/aromatic N) is 2. The molecule has 1 aromatic heterocycles. The predicted molar refractivity (Wildman–Crippen MR) is 75.5 cm³/mol. The Morgan fingerprint density at radius 3 is 2.63 bits per heavy atom. The van der Waals surface area contributed by atoms with Gasteiger partial charge in [-0.2, -0.15) is 0 Å². The van der Waals surface area contributed by atoms with Crippen molar-refractivity contribution in [2.45, 2.75) is 44.0 Å². The zero-order chi connectivity index (χ0) is 14.6. The van der Waals surface area contributed by atoms with Gasteiger partial charge < -0.3 is 4.74 Å². The molecule has 0 aromatic carbocycles. The quantitative estimate of drug-likeness (QED) is 0.470. The molecular weight excluding hydrogens is 264 g/mol. The fourth-order valence-electron chi connectivity index (χ4n) is 1.40. The maximum absolute atomic E-state index is 11.8. The molecule has 1 unspecified atom stereocenters. The molecule has 1 rings (SSSR count). The van der Waals surface area contributed by atoms with Gasteiger partial charge in [-0.15, -0.1) is 0 Å². The zero-order valence-electron chi connectivity index (χ0n) is 12.0. The summed E-state index contributed by atoms with van der Waals surface area (Å²) < 4.78 is 6.40. The lowest BCUT2D eigenvalue weighted by atomic mass is 10.1. The molecule has 0 bridgehead atoms. The standard InChI is InChI=1S/C13H20N2O3S/c1-6-18-12(17)9(4)19-13-14-10(8(2)3)7-11(16)15(13)5/h7-9H,6H2,1-5H3. The highest BCUT2D eigenvalue weighted by Crippen LogP contribution is 2.22. The molecule has 1 aromatic rings. The van der Waals surface area contributed by atoms with Gasteiger partial charge in [-0.25, -0.2) is 4.98 Å². The van der Waals surface area contributed by atoms with Gasteiger partial charge in [0, 0.05) is 13.1 Å². The zero-order valence-corrected chi connectivity index (χ0v) is 12.8. The third-order valence-corrected chi connectivity index (χ3v) is 3.73. The highest BCUT2D eigenvalue weighted by Gasteiger charge is 2.19. The van der Waals surface area contributed by atoms with E-state index in [2.05, 4.69) is 4.98 Å². The van der Waals surface area contributed by atoms with Crippen molar-refractivity contribution >= 4 is 17.7 Å². The van der Waals surface area contributed by atoms with E-state index in [1.807, 2.05) is 13.8 Å². The van der Waals surface area contributed by atoms with Gasteiger partial charge in [0.2, 0.25) is 0 Å². The van der Waals surface area contributed by atoms with Crippen LogP contribution in [0.5, 0.6) is 0 Å². The molecule has 19 heavy (non-hydrogen) atoms. The predicted octanol–water partition coefficient (Wildman–Crippen LogP) is 1.95. The van der Waals surface area contributed by atoms with Gasteiger partial charge in [0.05, 0.1) is 12.3 Å². The first kappa shape index (κ1) is 15.8. The van der Waals surface area contributed by atoms with Crippen LogP contribution in [-0.2, 0) is 16.6 Å². The smallest absolute Gasteiger partial charge is 0.319 e. The lowest BCUT2D eigenvalue weighted by molar-refractivity contribution is -0.142. The van der Waals surface area contributed by atoms with Crippen LogP contribution in [0.4, 0.5) is 0 Å². The molecule has 0 aliphatic rings. The molecule has 1 atom stereocenters. The van der Waals surface area contributed by atoms with Gasteiger partial charge >= 0.3 is 5.97 Å². The molecule has 5 nitrogen and oxygen atoms in total. The number of esters is 1. The summed E-state index contributed by atoms with van der Waals surface area (Å²) in [6, 6.07) is 1.53. The summed E-state index contributed by atoms with van der Waals surface area (Å²) in [5, 5.41) is 0.150. The molecule has 0 aliphatic heterocycles. The van der Waals surface area contributed by atoms with Crippen LogP contribution in [0.15, 0.2) is 16.0 Å². The van der Waals surface area contributed by atoms with Crippen LogP contribution in [0.25, 0.3) is 0 Å². The van der Waals surface area contributed by atoms with E-state index in [1.165, 1.54) is 22.4 Å². The van der Waals surface area contributed by atoms with E-state index >= 15 is 0 Å². The van der Waals surface area contributed by atoms with Gasteiger partial charge in [0.25, 0.3) is 5.56 Å². The fourth-order valence-corrected chi connectivity index (χ4v) is 2.29. The highest BCUT2D eigenvalue weighted by atomic mass is 32.2. The third-order valence-electron chi connectivity index (χ3n) is 2.61. The molecule has 6 heteroatoms. The molecule has 0 fully saturated rings. The van der Waals surface area contributed by atoms with E-state index in [-0.39, 0.29) is 22.7 Å². The van der Waals surface area contributed by atoms with E-state index in [0.29, 0.717) is 11.8 Å². The molecule has 0 N–H and O–H groups in total. The Hall–Kier alpha value is -1.30. The van der Waals surface area contributed by atoms with Crippen molar-refractivity contribution in [2.24, 2.45) is 7.05 Å². The third kappa shape index (κ3) is 4.09. The number of carbonyl (C=O) groups is 1. The normalized spacial score (nSPS) is 12.5. The minimum atomic E-state index is -0.388. The van der Waals surface area contributed by atoms with Crippen molar-refractivity contribution in [1.82, 2.24) is 9.55 Å². The first-order chi connectivity index (χ1) is 8.86. The van der Waals surface area contributed by atoms with Crippen LogP contribution in [0.2, 0.25) is 0 Å². The maximum Gasteiger partial charge on any atom is 0.319 e. The average molecular weight is 284 g/mol. The second kappa shape index (κ2) is 6.75. The lowest BCUT2D eigenvalue weighted by Gasteiger charge is -2.14. The Balaban J connectivity index is 3.00. The van der Waals surface area contributed by atoms with Crippen molar-refractivity contribution in [3.8, 4) is 0 Å². The summed E-state index contributed by atoms with van der Waals surface area (Å²) in [6.07, 6.45) is 0. The second-order valence-electron chi connectivity index (χ2n) is 4.53. The van der Waals surface area contributed by atoms with Crippen LogP contribution in [0.3, 0.4) is 0 Å². The van der Waals surface area contributed by atoms with Crippen LogP contribution >= 0.6 is 11.8 Å². The van der Waals surface area contributed by atoms with Crippen LogP contribution in [0.1, 0.15) is 39.3 Å². The summed E-state index contributed by atoms with van der Waals surface area (Å²) in [5.74, 6) is -0.122. The summed E-state index contributed by atoms with van der Waals surface area (Å²) in [4.78, 5) is 27.9. The van der Waals surface area contributed by atoms with Crippen molar-refractivity contribution < 1.29 is 9.53 Å². The lowest BCUT2D eigenvalue weighted by Crippen LogP contribution is -2.23. The molecular formula is C13H20N2O3S. The van der Waals surface area contributed by atoms with Crippen LogP contribution in [0, 0.1) is 0 Å². The molecule has 0 saturated heterocycles. The van der Waals surface area contributed by atoms with Crippen molar-refractivity contribution in [3.63, 3.8) is 0 Å². The number of hydrogen-bond acceptors (Lipinski definition) is 5. The van der Waals surface area contributed by atoms with Crippen LogP contribution < -0.4 is 5.56 Å². The van der Waals surface area contributed by atoms with Crippen molar-refractivity contribution in [1.29, 1.82) is 0 Å². The molecule has 0 aliphatic carbocycles. The first-order valence-corrected chi connectivity index (χ1v) is 7.16. The minimum Gasteiger partial charge on any atom is -0.465 e. The van der Waals surface area contributed by atoms with E-state index in [0.717, 1.165) is 5.69 Å². The maximum atomic E-state index is 11.8. The van der Waals surface area contributed by atoms with E-state index in [4.69, 9.17) is 4.74 Å². The molecule has 0 spiro atoms. The fraction of sp³-hybridized carbons (Fsp3) is 0.615. The molecule has 0 amide bonds. The Bertz CT molecular complexity index is 511. The van der Waals surface area contributed by atoms with Gasteiger partial charge in [0.15, 0.2) is 5.16 Å². The SMILES string of the molecule is CCOC(=O)C(C)Sc1nc(C(C)C)cc(=O)n1C. The van der Waals surface area contributed by atoms with Crippen LogP contribution in [-0.4, -0.2) is 27.4 Å². The number of carbonyl (C=O) groups excluding carboxylic acids is 1. The summed E-state index contributed by atoms with van der Waals surface area (Å²) in [7, 11) is 1.65. The number of ether oxygens (including phenoxy) is 1. The minimum absolute atomic E-state index is 0.114. The molecule has 106 valence electrons. The van der Waals surface area contributed by atoms with Crippen molar-refractivity contribution in [2.75, 3.05) is 6.61 Å². The summed E-state index contributed by atoms with van der Waals surface area (Å²) in [5.41, 5.74) is 0.624. The number of thioether (sulfide) groups is 1. The van der Waals surface area contributed by atoms with Gasteiger partial charge in [-0.05, 0) is 19.8 Å². The Morgan fingerprint density at radius 1 is 1.47 bits per heavy atom. The van der Waals surface area contributed by atoms with E-state index in [1.54, 1.807) is 20.9 Å². The van der Waals surface area contributed by atoms with Crippen molar-refractivity contribution in [3.05, 3.63) is 22.1 Å². The number of hydrogen-bond donors (Lipinski definition) is 0. The van der Waals surface area contributed by atoms with Gasteiger partial charge in [-0.1, -0.05) is 25.6 Å². The molecule has 0 saturated carbocycles. The van der Waals surface area contributed by atoms with Gasteiger partial charge in [0.1, 0.15) is 5.25 Å². The Kier molecular flexibility index (Phi) is 5.60. The van der Waals surface area contributed by atoms with E-state index in [9.17, 15) is 9.59 Å². The monoisotopic (exact) mass is 284 g/mol. The largest absolute Gasteiger partial charge is 0.465 e. The number of aromatic nitrogens is 2. The summed E-state index contributed by atoms with van der Waals surface area (Å²) >= 11 is 1.24. The summed E-state index contributed by atoms with van der Waals surface area (Å²) in [6.45, 7) is 7.82.